The molecule has 0 unspecified atom stereocenters. The fraction of sp³-hybridized carbons (Fsp3) is 0.333. The summed E-state index contributed by atoms with van der Waals surface area (Å²) in [6.45, 7) is 0. The molecule has 1 aromatic carbocycles. The molecule has 0 saturated carbocycles. The van der Waals surface area contributed by atoms with Gasteiger partial charge in [0.15, 0.2) is 0 Å². The van der Waals surface area contributed by atoms with Crippen LogP contribution in [-0.2, 0) is 18.2 Å². The molecule has 0 atom stereocenters. The molecule has 8 heteroatoms. The highest BCUT2D eigenvalue weighted by molar-refractivity contribution is 14.1. The first-order valence-corrected chi connectivity index (χ1v) is 5.72. The lowest BCUT2D eigenvalue weighted by molar-refractivity contribution is -0.142. The molecule has 0 fully saturated rings. The van der Waals surface area contributed by atoms with Crippen LogP contribution >= 0.6 is 34.2 Å². The van der Waals surface area contributed by atoms with Gasteiger partial charge in [0.2, 0.25) is 0 Å². The van der Waals surface area contributed by atoms with E-state index in [1.165, 1.54) is 22.6 Å². The molecule has 96 valence electrons. The van der Waals surface area contributed by atoms with Gasteiger partial charge in [0.05, 0.1) is 11.1 Å². The standard InChI is InChI=1S/C9H4ClF6I/c10-3-4-5(8(11,12)13)1-2-6(7(4)17)9(14,15)16/h1-2H,3H2. The molecule has 0 heterocycles. The van der Waals surface area contributed by atoms with Crippen molar-refractivity contribution < 1.29 is 26.3 Å². The third kappa shape index (κ3) is 3.18. The van der Waals surface area contributed by atoms with Gasteiger partial charge in [-0.3, -0.25) is 0 Å². The third-order valence-corrected chi connectivity index (χ3v) is 3.49. The Morgan fingerprint density at radius 2 is 1.35 bits per heavy atom. The molecule has 1 aromatic rings. The summed E-state index contributed by atoms with van der Waals surface area (Å²) in [5, 5.41) is 0. The molecule has 0 aliphatic carbocycles. The second-order valence-corrected chi connectivity index (χ2v) is 4.43. The molecule has 0 aromatic heterocycles. The molecule has 17 heavy (non-hydrogen) atoms. The van der Waals surface area contributed by atoms with E-state index in [1.807, 2.05) is 0 Å². The predicted octanol–water partition coefficient (Wildman–Crippen LogP) is 5.07. The number of hydrogen-bond donors (Lipinski definition) is 0. The van der Waals surface area contributed by atoms with Crippen molar-refractivity contribution in [3.8, 4) is 0 Å². The van der Waals surface area contributed by atoms with Crippen molar-refractivity contribution in [3.63, 3.8) is 0 Å². The van der Waals surface area contributed by atoms with E-state index in [0.717, 1.165) is 0 Å². The molecule has 0 saturated heterocycles. The lowest BCUT2D eigenvalue weighted by Crippen LogP contribution is -2.15. The fourth-order valence-corrected chi connectivity index (χ4v) is 2.71. The molecule has 0 N–H and O–H groups in total. The Kier molecular flexibility index (Phi) is 4.23. The van der Waals surface area contributed by atoms with E-state index in [9.17, 15) is 26.3 Å². The average molecular weight is 388 g/mol. The zero-order valence-corrected chi connectivity index (χ0v) is 10.8. The molecular weight excluding hydrogens is 384 g/mol. The molecular formula is C9H4ClF6I. The van der Waals surface area contributed by atoms with Gasteiger partial charge in [0, 0.05) is 9.45 Å². The Morgan fingerprint density at radius 1 is 0.941 bits per heavy atom. The van der Waals surface area contributed by atoms with Gasteiger partial charge >= 0.3 is 12.4 Å². The normalized spacial score (nSPS) is 12.9. The Hall–Kier alpha value is -0.180. The van der Waals surface area contributed by atoms with Crippen LogP contribution in [0.5, 0.6) is 0 Å². The smallest absolute Gasteiger partial charge is 0.166 e. The highest BCUT2D eigenvalue weighted by atomic mass is 127. The van der Waals surface area contributed by atoms with Crippen LogP contribution in [0.3, 0.4) is 0 Å². The minimum Gasteiger partial charge on any atom is -0.166 e. The quantitative estimate of drug-likeness (QED) is 0.358. The van der Waals surface area contributed by atoms with Crippen molar-refractivity contribution >= 4 is 34.2 Å². The van der Waals surface area contributed by atoms with E-state index >= 15 is 0 Å². The summed E-state index contributed by atoms with van der Waals surface area (Å²) in [6.07, 6.45) is -9.41. The molecule has 0 aliphatic rings. The minimum absolute atomic E-state index is 0.405. The van der Waals surface area contributed by atoms with Gasteiger partial charge in [0.25, 0.3) is 0 Å². The van der Waals surface area contributed by atoms with Crippen molar-refractivity contribution in [3.05, 3.63) is 32.4 Å². The minimum atomic E-state index is -4.71. The summed E-state index contributed by atoms with van der Waals surface area (Å²) >= 11 is 6.52. The van der Waals surface area contributed by atoms with E-state index in [0.29, 0.717) is 12.1 Å². The van der Waals surface area contributed by atoms with Crippen LogP contribution in [0.4, 0.5) is 26.3 Å². The third-order valence-electron chi connectivity index (χ3n) is 1.99. The van der Waals surface area contributed by atoms with E-state index in [1.54, 1.807) is 0 Å². The highest BCUT2D eigenvalue weighted by Gasteiger charge is 2.39. The lowest BCUT2D eigenvalue weighted by Gasteiger charge is -2.17. The molecule has 0 radical (unpaired) electrons. The first-order valence-electron chi connectivity index (χ1n) is 4.10. The van der Waals surface area contributed by atoms with Crippen molar-refractivity contribution in [2.45, 2.75) is 18.2 Å². The molecule has 0 amide bonds. The zero-order valence-electron chi connectivity index (χ0n) is 7.89. The van der Waals surface area contributed by atoms with Crippen LogP contribution in [0, 0.1) is 3.57 Å². The Bertz CT molecular complexity index is 423. The highest BCUT2D eigenvalue weighted by Crippen LogP contribution is 2.40. The van der Waals surface area contributed by atoms with Crippen molar-refractivity contribution in [1.82, 2.24) is 0 Å². The van der Waals surface area contributed by atoms with Crippen LogP contribution in [0.1, 0.15) is 16.7 Å². The number of halogens is 8. The average Bonchev–Trinajstić information content (AvgIpc) is 2.13. The van der Waals surface area contributed by atoms with E-state index in [2.05, 4.69) is 0 Å². The largest absolute Gasteiger partial charge is 0.417 e. The topological polar surface area (TPSA) is 0 Å². The lowest BCUT2D eigenvalue weighted by atomic mass is 10.0. The van der Waals surface area contributed by atoms with Gasteiger partial charge in [-0.2, -0.15) is 26.3 Å². The van der Waals surface area contributed by atoms with Gasteiger partial charge in [-0.05, 0) is 40.3 Å². The zero-order chi connectivity index (χ0) is 13.4. The molecule has 0 nitrogen and oxygen atoms in total. The first-order chi connectivity index (χ1) is 7.59. The summed E-state index contributed by atoms with van der Waals surface area (Å²) in [7, 11) is 0. The van der Waals surface area contributed by atoms with Crippen molar-refractivity contribution in [1.29, 1.82) is 0 Å². The second kappa shape index (κ2) is 4.83. The maximum Gasteiger partial charge on any atom is 0.417 e. The van der Waals surface area contributed by atoms with Crippen LogP contribution in [0.2, 0.25) is 0 Å². The number of rotatable bonds is 1. The number of hydrogen-bond acceptors (Lipinski definition) is 0. The second-order valence-electron chi connectivity index (χ2n) is 3.08. The maximum atomic E-state index is 12.5. The van der Waals surface area contributed by atoms with Crippen LogP contribution < -0.4 is 0 Å². The molecule has 0 bridgehead atoms. The van der Waals surface area contributed by atoms with E-state index in [-0.39, 0.29) is 0 Å². The van der Waals surface area contributed by atoms with Crippen molar-refractivity contribution in [2.75, 3.05) is 0 Å². The van der Waals surface area contributed by atoms with E-state index < -0.39 is 38.5 Å². The first kappa shape index (κ1) is 14.9. The van der Waals surface area contributed by atoms with Crippen LogP contribution in [0.15, 0.2) is 12.1 Å². The maximum absolute atomic E-state index is 12.5. The Morgan fingerprint density at radius 3 is 1.71 bits per heavy atom. The molecule has 0 aliphatic heterocycles. The Balaban J connectivity index is 3.49. The van der Waals surface area contributed by atoms with Gasteiger partial charge in [-0.15, -0.1) is 11.6 Å². The summed E-state index contributed by atoms with van der Waals surface area (Å²) in [5.74, 6) is -0.628. The number of alkyl halides is 7. The van der Waals surface area contributed by atoms with Crippen LogP contribution in [0.25, 0.3) is 0 Å². The summed E-state index contributed by atoms with van der Waals surface area (Å²) in [4.78, 5) is 0. The fourth-order valence-electron chi connectivity index (χ4n) is 1.24. The van der Waals surface area contributed by atoms with E-state index in [4.69, 9.17) is 11.6 Å². The predicted molar refractivity (Wildman–Crippen MR) is 58.7 cm³/mol. The summed E-state index contributed by atoms with van der Waals surface area (Å²) in [6, 6.07) is 0.823. The summed E-state index contributed by atoms with van der Waals surface area (Å²) < 4.78 is 74.4. The summed E-state index contributed by atoms with van der Waals surface area (Å²) in [5.41, 5.74) is -2.79. The van der Waals surface area contributed by atoms with Gasteiger partial charge in [0.1, 0.15) is 0 Å². The molecule has 1 rings (SSSR count). The van der Waals surface area contributed by atoms with Gasteiger partial charge < -0.3 is 0 Å². The van der Waals surface area contributed by atoms with Crippen molar-refractivity contribution in [2.24, 2.45) is 0 Å². The van der Waals surface area contributed by atoms with Gasteiger partial charge in [-0.25, -0.2) is 0 Å². The van der Waals surface area contributed by atoms with Crippen LogP contribution in [-0.4, -0.2) is 0 Å². The number of benzene rings is 1. The Labute approximate surface area is 111 Å². The monoisotopic (exact) mass is 388 g/mol. The molecule has 0 spiro atoms. The van der Waals surface area contributed by atoms with Gasteiger partial charge in [-0.1, -0.05) is 0 Å². The SMILES string of the molecule is FC(F)(F)c1ccc(C(F)(F)F)c(CCl)c1I.